The Morgan fingerprint density at radius 2 is 1.62 bits per heavy atom. The number of anilines is 2. The van der Waals surface area contributed by atoms with Gasteiger partial charge in [-0.15, -0.1) is 0 Å². The van der Waals surface area contributed by atoms with Gasteiger partial charge in [0.15, 0.2) is 0 Å². The molecule has 134 valence electrons. The predicted octanol–water partition coefficient (Wildman–Crippen LogP) is 5.62. The van der Waals surface area contributed by atoms with Crippen LogP contribution in [0.25, 0.3) is 11.3 Å². The fraction of sp³-hybridized carbons (Fsp3) is 0.238. The highest BCUT2D eigenvalue weighted by atomic mass is 35.5. The third-order valence-electron chi connectivity index (χ3n) is 3.69. The van der Waals surface area contributed by atoms with Crippen LogP contribution in [0.4, 0.5) is 11.8 Å². The molecule has 0 saturated carbocycles. The smallest absolute Gasteiger partial charge is 0.225 e. The van der Waals surface area contributed by atoms with Crippen LogP contribution >= 0.6 is 11.6 Å². The lowest BCUT2D eigenvalue weighted by Gasteiger charge is -2.22. The molecule has 1 aromatic heterocycles. The molecule has 0 aliphatic carbocycles. The highest BCUT2D eigenvalue weighted by Crippen LogP contribution is 2.24. The zero-order valence-electron chi connectivity index (χ0n) is 15.3. The lowest BCUT2D eigenvalue weighted by Crippen LogP contribution is -2.27. The average Bonchev–Trinajstić information content (AvgIpc) is 2.60. The first-order chi connectivity index (χ1) is 12.4. The molecule has 0 atom stereocenters. The van der Waals surface area contributed by atoms with E-state index in [2.05, 4.69) is 41.4 Å². The van der Waals surface area contributed by atoms with Crippen molar-refractivity contribution in [1.82, 2.24) is 9.97 Å². The molecule has 0 radical (unpaired) electrons. The van der Waals surface area contributed by atoms with Gasteiger partial charge in [-0.25, -0.2) is 4.98 Å². The van der Waals surface area contributed by atoms with Gasteiger partial charge in [0, 0.05) is 28.7 Å². The van der Waals surface area contributed by atoms with Crippen molar-refractivity contribution in [3.8, 4) is 11.3 Å². The SMILES string of the molecule is CC(C)(C)Nc1cc(-c2ccccc2)nc(NCc2ccccc2Cl)n1. The molecule has 0 aliphatic heterocycles. The fourth-order valence-electron chi connectivity index (χ4n) is 2.55. The van der Waals surface area contributed by atoms with Crippen molar-refractivity contribution in [2.24, 2.45) is 0 Å². The topological polar surface area (TPSA) is 49.8 Å². The van der Waals surface area contributed by atoms with Crippen molar-refractivity contribution < 1.29 is 0 Å². The Balaban J connectivity index is 1.90. The predicted molar refractivity (Wildman–Crippen MR) is 110 cm³/mol. The first-order valence-corrected chi connectivity index (χ1v) is 8.98. The van der Waals surface area contributed by atoms with Crippen molar-refractivity contribution in [1.29, 1.82) is 0 Å². The number of halogens is 1. The summed E-state index contributed by atoms with van der Waals surface area (Å²) in [5.74, 6) is 1.35. The van der Waals surface area contributed by atoms with Crippen LogP contribution in [-0.2, 0) is 6.54 Å². The van der Waals surface area contributed by atoms with E-state index >= 15 is 0 Å². The largest absolute Gasteiger partial charge is 0.365 e. The highest BCUT2D eigenvalue weighted by Gasteiger charge is 2.13. The van der Waals surface area contributed by atoms with Crippen LogP contribution in [0, 0.1) is 0 Å². The third-order valence-corrected chi connectivity index (χ3v) is 4.06. The third kappa shape index (κ3) is 4.96. The molecule has 5 heteroatoms. The van der Waals surface area contributed by atoms with E-state index in [1.165, 1.54) is 0 Å². The van der Waals surface area contributed by atoms with E-state index in [1.807, 2.05) is 60.7 Å². The molecule has 3 aromatic rings. The zero-order valence-corrected chi connectivity index (χ0v) is 16.0. The summed E-state index contributed by atoms with van der Waals surface area (Å²) < 4.78 is 0. The minimum Gasteiger partial charge on any atom is -0.365 e. The number of hydrogen-bond donors (Lipinski definition) is 2. The maximum atomic E-state index is 6.24. The Morgan fingerprint density at radius 1 is 0.923 bits per heavy atom. The zero-order chi connectivity index (χ0) is 18.6. The van der Waals surface area contributed by atoms with E-state index in [1.54, 1.807) is 0 Å². The fourth-order valence-corrected chi connectivity index (χ4v) is 2.75. The minimum atomic E-state index is -0.0949. The molecule has 0 saturated heterocycles. The molecule has 0 spiro atoms. The summed E-state index contributed by atoms with van der Waals surface area (Å²) in [6.45, 7) is 6.88. The lowest BCUT2D eigenvalue weighted by atomic mass is 10.1. The van der Waals surface area contributed by atoms with Crippen molar-refractivity contribution in [2.45, 2.75) is 32.9 Å². The molecule has 26 heavy (non-hydrogen) atoms. The molecular formula is C21H23ClN4. The van der Waals surface area contributed by atoms with E-state index in [4.69, 9.17) is 11.6 Å². The molecule has 0 unspecified atom stereocenters. The van der Waals surface area contributed by atoms with E-state index in [9.17, 15) is 0 Å². The van der Waals surface area contributed by atoms with Crippen molar-refractivity contribution in [3.05, 3.63) is 71.2 Å². The van der Waals surface area contributed by atoms with Gasteiger partial charge in [-0.05, 0) is 32.4 Å². The molecule has 2 N–H and O–H groups in total. The summed E-state index contributed by atoms with van der Waals surface area (Å²) in [5.41, 5.74) is 2.83. The highest BCUT2D eigenvalue weighted by molar-refractivity contribution is 6.31. The average molecular weight is 367 g/mol. The number of rotatable bonds is 5. The molecule has 2 aromatic carbocycles. The van der Waals surface area contributed by atoms with Crippen LogP contribution in [0.5, 0.6) is 0 Å². The van der Waals surface area contributed by atoms with E-state index in [0.29, 0.717) is 12.5 Å². The molecule has 0 aliphatic rings. The summed E-state index contributed by atoms with van der Waals surface area (Å²) in [5, 5.41) is 7.44. The van der Waals surface area contributed by atoms with Gasteiger partial charge >= 0.3 is 0 Å². The second-order valence-electron chi connectivity index (χ2n) is 7.15. The Bertz CT molecular complexity index is 873. The summed E-state index contributed by atoms with van der Waals surface area (Å²) in [4.78, 5) is 9.29. The summed E-state index contributed by atoms with van der Waals surface area (Å²) in [6.07, 6.45) is 0. The van der Waals surface area contributed by atoms with Gasteiger partial charge < -0.3 is 10.6 Å². The molecule has 1 heterocycles. The van der Waals surface area contributed by atoms with E-state index in [-0.39, 0.29) is 5.54 Å². The Labute approximate surface area is 159 Å². The van der Waals surface area contributed by atoms with Crippen LogP contribution in [0.3, 0.4) is 0 Å². The molecule has 3 rings (SSSR count). The Morgan fingerprint density at radius 3 is 2.31 bits per heavy atom. The Kier molecular flexibility index (Phi) is 5.43. The Hall–Kier alpha value is -2.59. The minimum absolute atomic E-state index is 0.0949. The lowest BCUT2D eigenvalue weighted by molar-refractivity contribution is 0.630. The monoisotopic (exact) mass is 366 g/mol. The maximum absolute atomic E-state index is 6.24. The molecule has 4 nitrogen and oxygen atoms in total. The van der Waals surface area contributed by atoms with E-state index < -0.39 is 0 Å². The van der Waals surface area contributed by atoms with Crippen LogP contribution in [0.2, 0.25) is 5.02 Å². The normalized spacial score (nSPS) is 11.2. The number of nitrogens with zero attached hydrogens (tertiary/aromatic N) is 2. The molecule has 0 fully saturated rings. The summed E-state index contributed by atoms with van der Waals surface area (Å²) in [7, 11) is 0. The molecule has 0 amide bonds. The van der Waals surface area contributed by atoms with Crippen LogP contribution in [-0.4, -0.2) is 15.5 Å². The molecule has 0 bridgehead atoms. The maximum Gasteiger partial charge on any atom is 0.225 e. The van der Waals surface area contributed by atoms with Crippen LogP contribution < -0.4 is 10.6 Å². The van der Waals surface area contributed by atoms with Gasteiger partial charge in [-0.3, -0.25) is 0 Å². The second kappa shape index (κ2) is 7.75. The van der Waals surface area contributed by atoms with Crippen molar-refractivity contribution in [2.75, 3.05) is 10.6 Å². The van der Waals surface area contributed by atoms with Crippen molar-refractivity contribution >= 4 is 23.4 Å². The quantitative estimate of drug-likeness (QED) is 0.615. The number of benzene rings is 2. The van der Waals surface area contributed by atoms with Gasteiger partial charge in [-0.2, -0.15) is 4.98 Å². The number of aromatic nitrogens is 2. The number of hydrogen-bond acceptors (Lipinski definition) is 4. The number of nitrogens with one attached hydrogen (secondary N) is 2. The van der Waals surface area contributed by atoms with Crippen LogP contribution in [0.1, 0.15) is 26.3 Å². The summed E-state index contributed by atoms with van der Waals surface area (Å²) >= 11 is 6.24. The molecular weight excluding hydrogens is 344 g/mol. The second-order valence-corrected chi connectivity index (χ2v) is 7.56. The summed E-state index contributed by atoms with van der Waals surface area (Å²) in [6, 6.07) is 19.8. The van der Waals surface area contributed by atoms with Gasteiger partial charge in [0.05, 0.1) is 5.69 Å². The van der Waals surface area contributed by atoms with Crippen LogP contribution in [0.15, 0.2) is 60.7 Å². The van der Waals surface area contributed by atoms with Crippen molar-refractivity contribution in [3.63, 3.8) is 0 Å². The van der Waals surface area contributed by atoms with Gasteiger partial charge in [-0.1, -0.05) is 60.1 Å². The first kappa shape index (κ1) is 18.2. The van der Waals surface area contributed by atoms with Gasteiger partial charge in [0.2, 0.25) is 5.95 Å². The standard InChI is InChI=1S/C21H23ClN4/c1-21(2,3)26-19-13-18(15-9-5-4-6-10-15)24-20(25-19)23-14-16-11-7-8-12-17(16)22/h4-13H,14H2,1-3H3,(H2,23,24,25,26). The van der Waals surface area contributed by atoms with Gasteiger partial charge in [0.1, 0.15) is 5.82 Å². The van der Waals surface area contributed by atoms with Gasteiger partial charge in [0.25, 0.3) is 0 Å². The van der Waals surface area contributed by atoms with E-state index in [0.717, 1.165) is 27.7 Å². The first-order valence-electron chi connectivity index (χ1n) is 8.61.